The quantitative estimate of drug-likeness (QED) is 0.497. The van der Waals surface area contributed by atoms with Gasteiger partial charge in [0.05, 0.1) is 6.54 Å². The van der Waals surface area contributed by atoms with Crippen LogP contribution in [-0.4, -0.2) is 18.1 Å². The Morgan fingerprint density at radius 3 is 2.80 bits per heavy atom. The minimum Gasteiger partial charge on any atom is -0.445 e. The molecule has 0 fully saturated rings. The zero-order valence-electron chi connectivity index (χ0n) is 5.97. The Morgan fingerprint density at radius 2 is 2.40 bits per heavy atom. The first kappa shape index (κ1) is 9.72. The van der Waals surface area contributed by atoms with Crippen LogP contribution in [0.4, 0.5) is 0 Å². The van der Waals surface area contributed by atoms with Crippen LogP contribution in [0, 0.1) is 0 Å². The molecule has 4 heteroatoms. The highest BCUT2D eigenvalue weighted by molar-refractivity contribution is 6.20. The topological polar surface area (TPSA) is 52.3 Å². The molecule has 0 bridgehead atoms. The second kappa shape index (κ2) is 5.50. The Morgan fingerprint density at radius 1 is 1.80 bits per heavy atom. The van der Waals surface area contributed by atoms with Gasteiger partial charge in [0.25, 0.3) is 0 Å². The predicted molar refractivity (Wildman–Crippen MR) is 39.7 cm³/mol. The van der Waals surface area contributed by atoms with Crippen molar-refractivity contribution in [2.45, 2.75) is 25.3 Å². The van der Waals surface area contributed by atoms with Crippen molar-refractivity contribution >= 4 is 17.6 Å². The van der Waals surface area contributed by atoms with E-state index >= 15 is 0 Å². The average Bonchev–Trinajstić information content (AvgIpc) is 1.88. The van der Waals surface area contributed by atoms with Crippen LogP contribution in [0.3, 0.4) is 0 Å². The number of carbonyl (C=O) groups is 1. The Labute approximate surface area is 65.5 Å². The van der Waals surface area contributed by atoms with Crippen molar-refractivity contribution in [3.05, 3.63) is 0 Å². The van der Waals surface area contributed by atoms with Gasteiger partial charge in [-0.25, -0.2) is 0 Å². The van der Waals surface area contributed by atoms with Gasteiger partial charge in [0.15, 0.2) is 5.56 Å². The largest absolute Gasteiger partial charge is 0.445 e. The van der Waals surface area contributed by atoms with Crippen LogP contribution in [0.5, 0.6) is 0 Å². The number of rotatable bonds is 4. The lowest BCUT2D eigenvalue weighted by Gasteiger charge is -2.07. The summed E-state index contributed by atoms with van der Waals surface area (Å²) in [5.74, 6) is -0.451. The maximum atomic E-state index is 10.5. The summed E-state index contributed by atoms with van der Waals surface area (Å²) in [6.45, 7) is 1.86. The van der Waals surface area contributed by atoms with E-state index in [0.717, 1.165) is 6.42 Å². The number of esters is 1. The Hall–Kier alpha value is -0.280. The van der Waals surface area contributed by atoms with Crippen LogP contribution < -0.4 is 5.73 Å². The molecule has 10 heavy (non-hydrogen) atoms. The van der Waals surface area contributed by atoms with E-state index in [2.05, 4.69) is 4.74 Å². The van der Waals surface area contributed by atoms with Crippen LogP contribution in [-0.2, 0) is 9.53 Å². The molecular formula is C6H12ClNO2. The van der Waals surface area contributed by atoms with Crippen molar-refractivity contribution in [3.8, 4) is 0 Å². The molecule has 0 aliphatic carbocycles. The molecule has 2 N–H and O–H groups in total. The molecule has 0 saturated heterocycles. The number of ether oxygens (including phenoxy) is 1. The highest BCUT2D eigenvalue weighted by Gasteiger charge is 2.07. The minimum atomic E-state index is -0.513. The van der Waals surface area contributed by atoms with E-state index in [1.54, 1.807) is 0 Å². The number of alkyl halides is 1. The first-order valence-corrected chi connectivity index (χ1v) is 3.68. The van der Waals surface area contributed by atoms with Gasteiger partial charge in [0.2, 0.25) is 0 Å². The summed E-state index contributed by atoms with van der Waals surface area (Å²) in [5, 5.41) is 0. The number of halogens is 1. The monoisotopic (exact) mass is 165 g/mol. The van der Waals surface area contributed by atoms with Gasteiger partial charge in [-0.3, -0.25) is 4.79 Å². The maximum Gasteiger partial charge on any atom is 0.321 e. The zero-order valence-corrected chi connectivity index (χ0v) is 6.73. The molecule has 1 unspecified atom stereocenters. The van der Waals surface area contributed by atoms with Crippen molar-refractivity contribution in [1.29, 1.82) is 0 Å². The lowest BCUT2D eigenvalue weighted by molar-refractivity contribution is -0.143. The SMILES string of the molecule is CCCC(Cl)OC(=O)CN. The Kier molecular flexibility index (Phi) is 5.35. The third-order valence-electron chi connectivity index (χ3n) is 0.942. The molecule has 0 aliphatic heterocycles. The van der Waals surface area contributed by atoms with Gasteiger partial charge in [0, 0.05) is 0 Å². The first-order chi connectivity index (χ1) is 4.70. The van der Waals surface area contributed by atoms with Crippen LogP contribution in [0.25, 0.3) is 0 Å². The summed E-state index contributed by atoms with van der Waals surface area (Å²) < 4.78 is 4.64. The van der Waals surface area contributed by atoms with E-state index in [0.29, 0.717) is 6.42 Å². The molecule has 0 heterocycles. The third kappa shape index (κ3) is 4.58. The van der Waals surface area contributed by atoms with Crippen LogP contribution >= 0.6 is 11.6 Å². The molecule has 60 valence electrons. The van der Waals surface area contributed by atoms with Crippen molar-refractivity contribution < 1.29 is 9.53 Å². The van der Waals surface area contributed by atoms with Crippen LogP contribution in [0.2, 0.25) is 0 Å². The average molecular weight is 166 g/mol. The van der Waals surface area contributed by atoms with Crippen molar-refractivity contribution in [1.82, 2.24) is 0 Å². The summed E-state index contributed by atoms with van der Waals surface area (Å²) in [6, 6.07) is 0. The fourth-order valence-corrected chi connectivity index (χ4v) is 0.794. The summed E-state index contributed by atoms with van der Waals surface area (Å²) in [4.78, 5) is 10.5. The molecule has 1 atom stereocenters. The molecule has 0 aromatic carbocycles. The number of carbonyl (C=O) groups excluding carboxylic acids is 1. The second-order valence-electron chi connectivity index (χ2n) is 1.89. The molecule has 0 aromatic rings. The summed E-state index contributed by atoms with van der Waals surface area (Å²) in [5.41, 5.74) is 4.47. The Balaban J connectivity index is 3.37. The molecule has 0 aliphatic rings. The summed E-state index contributed by atoms with van der Waals surface area (Å²) >= 11 is 5.56. The van der Waals surface area contributed by atoms with E-state index in [4.69, 9.17) is 17.3 Å². The molecule has 0 saturated carbocycles. The van der Waals surface area contributed by atoms with Gasteiger partial charge in [-0.2, -0.15) is 0 Å². The standard InChI is InChI=1S/C6H12ClNO2/c1-2-3-5(7)10-6(9)4-8/h5H,2-4,8H2,1H3. The number of hydrogen-bond donors (Lipinski definition) is 1. The third-order valence-corrected chi connectivity index (χ3v) is 1.25. The summed E-state index contributed by atoms with van der Waals surface area (Å²) in [7, 11) is 0. The molecule has 0 aromatic heterocycles. The molecule has 0 rings (SSSR count). The zero-order chi connectivity index (χ0) is 7.98. The lowest BCUT2D eigenvalue weighted by Crippen LogP contribution is -2.20. The van der Waals surface area contributed by atoms with Crippen LogP contribution in [0.1, 0.15) is 19.8 Å². The van der Waals surface area contributed by atoms with Crippen LogP contribution in [0.15, 0.2) is 0 Å². The first-order valence-electron chi connectivity index (χ1n) is 3.24. The molecule has 3 nitrogen and oxygen atoms in total. The minimum absolute atomic E-state index is 0.104. The molecule has 0 radical (unpaired) electrons. The second-order valence-corrected chi connectivity index (χ2v) is 2.38. The maximum absolute atomic E-state index is 10.5. The van der Waals surface area contributed by atoms with Gasteiger partial charge in [0.1, 0.15) is 0 Å². The number of nitrogens with two attached hydrogens (primary N) is 1. The van der Waals surface area contributed by atoms with Gasteiger partial charge >= 0.3 is 5.97 Å². The molecule has 0 spiro atoms. The van der Waals surface area contributed by atoms with E-state index in [1.807, 2.05) is 6.92 Å². The van der Waals surface area contributed by atoms with E-state index in [1.165, 1.54) is 0 Å². The number of hydrogen-bond acceptors (Lipinski definition) is 3. The smallest absolute Gasteiger partial charge is 0.321 e. The van der Waals surface area contributed by atoms with E-state index < -0.39 is 11.5 Å². The van der Waals surface area contributed by atoms with Crippen molar-refractivity contribution in [3.63, 3.8) is 0 Å². The van der Waals surface area contributed by atoms with Crippen molar-refractivity contribution in [2.24, 2.45) is 5.73 Å². The van der Waals surface area contributed by atoms with Crippen molar-refractivity contribution in [2.75, 3.05) is 6.54 Å². The van der Waals surface area contributed by atoms with Gasteiger partial charge in [-0.1, -0.05) is 24.9 Å². The van der Waals surface area contributed by atoms with Gasteiger partial charge in [-0.05, 0) is 6.42 Å². The highest BCUT2D eigenvalue weighted by Crippen LogP contribution is 2.05. The van der Waals surface area contributed by atoms with Gasteiger partial charge < -0.3 is 10.5 Å². The molecular weight excluding hydrogens is 154 g/mol. The fraction of sp³-hybridized carbons (Fsp3) is 0.833. The summed E-state index contributed by atoms with van der Waals surface area (Å²) in [6.07, 6.45) is 1.57. The van der Waals surface area contributed by atoms with E-state index in [9.17, 15) is 4.79 Å². The normalized spacial score (nSPS) is 12.7. The van der Waals surface area contributed by atoms with E-state index in [-0.39, 0.29) is 6.54 Å². The Bertz CT molecular complexity index is 108. The van der Waals surface area contributed by atoms with Gasteiger partial charge in [-0.15, -0.1) is 0 Å². The predicted octanol–water partition coefficient (Wildman–Crippen LogP) is 0.853. The lowest BCUT2D eigenvalue weighted by atomic mass is 10.4. The highest BCUT2D eigenvalue weighted by atomic mass is 35.5. The fourth-order valence-electron chi connectivity index (χ4n) is 0.477. The molecule has 0 amide bonds.